The zero-order valence-corrected chi connectivity index (χ0v) is 25.5. The highest BCUT2D eigenvalue weighted by atomic mass is 16.6. The van der Waals surface area contributed by atoms with Gasteiger partial charge in [0.05, 0.1) is 26.2 Å². The first-order valence-corrected chi connectivity index (χ1v) is 15.3. The molecule has 0 aromatic heterocycles. The zero-order chi connectivity index (χ0) is 33.6. The molecule has 1 fully saturated rings. The van der Waals surface area contributed by atoms with Crippen molar-refractivity contribution >= 4 is 35.5 Å². The normalized spacial score (nSPS) is 20.9. The van der Waals surface area contributed by atoms with Gasteiger partial charge in [0.25, 0.3) is 0 Å². The van der Waals surface area contributed by atoms with Crippen molar-refractivity contribution in [3.8, 4) is 0 Å². The van der Waals surface area contributed by atoms with Crippen LogP contribution in [0.4, 0.5) is 0 Å². The van der Waals surface area contributed by atoms with Gasteiger partial charge < -0.3 is 56.9 Å². The quantitative estimate of drug-likeness (QED) is 0.0502. The molecule has 0 aromatic rings. The van der Waals surface area contributed by atoms with Gasteiger partial charge >= 0.3 is 5.97 Å². The largest absolute Gasteiger partial charge is 0.480 e. The molecule has 10 N–H and O–H groups in total. The number of carboxylic acids is 1. The van der Waals surface area contributed by atoms with Crippen molar-refractivity contribution in [2.75, 3.05) is 32.8 Å². The van der Waals surface area contributed by atoms with E-state index in [1.807, 2.05) is 0 Å². The maximum atomic E-state index is 12.1. The van der Waals surface area contributed by atoms with E-state index in [0.717, 1.165) is 51.4 Å². The van der Waals surface area contributed by atoms with Crippen molar-refractivity contribution in [3.05, 3.63) is 0 Å². The van der Waals surface area contributed by atoms with Crippen LogP contribution in [0.3, 0.4) is 0 Å². The van der Waals surface area contributed by atoms with Crippen LogP contribution in [-0.2, 0) is 33.5 Å². The van der Waals surface area contributed by atoms with Crippen LogP contribution in [-0.4, -0.2) is 124 Å². The number of aliphatic hydroxyl groups excluding tert-OH is 4. The Balaban J connectivity index is 1.95. The Kier molecular flexibility index (Phi) is 20.3. The molecule has 1 aliphatic rings. The Labute approximate surface area is 261 Å². The molecule has 17 heteroatoms. The van der Waals surface area contributed by atoms with Crippen molar-refractivity contribution < 1.29 is 59.0 Å². The van der Waals surface area contributed by atoms with Gasteiger partial charge in [-0.1, -0.05) is 51.4 Å². The molecule has 0 unspecified atom stereocenters. The van der Waals surface area contributed by atoms with Crippen LogP contribution in [0, 0.1) is 0 Å². The number of rotatable bonds is 23. The smallest absolute Gasteiger partial charge is 0.322 e. The van der Waals surface area contributed by atoms with Crippen LogP contribution in [0.2, 0.25) is 0 Å². The van der Waals surface area contributed by atoms with Crippen molar-refractivity contribution in [2.24, 2.45) is 0 Å². The number of amides is 5. The molecule has 1 saturated heterocycles. The lowest BCUT2D eigenvalue weighted by Gasteiger charge is -2.40. The highest BCUT2D eigenvalue weighted by Crippen LogP contribution is 2.20. The summed E-state index contributed by atoms with van der Waals surface area (Å²) in [6.07, 6.45) is 4.14. The molecular formula is C28H49N5O12. The molecule has 0 saturated carbocycles. The molecule has 1 heterocycles. The van der Waals surface area contributed by atoms with Crippen molar-refractivity contribution in [3.63, 3.8) is 0 Å². The monoisotopic (exact) mass is 647 g/mol. The Morgan fingerprint density at radius 1 is 0.533 bits per heavy atom. The van der Waals surface area contributed by atoms with Crippen LogP contribution in [0.5, 0.6) is 0 Å². The first kappa shape index (κ1) is 39.6. The lowest BCUT2D eigenvalue weighted by molar-refractivity contribution is -0.253. The van der Waals surface area contributed by atoms with E-state index in [0.29, 0.717) is 12.8 Å². The topological polar surface area (TPSA) is 273 Å². The van der Waals surface area contributed by atoms with Crippen LogP contribution in [0.1, 0.15) is 77.0 Å². The molecule has 0 radical (unpaired) electrons. The van der Waals surface area contributed by atoms with Gasteiger partial charge in [0.15, 0.2) is 6.29 Å². The van der Waals surface area contributed by atoms with Gasteiger partial charge in [0.1, 0.15) is 30.9 Å². The van der Waals surface area contributed by atoms with E-state index in [1.165, 1.54) is 0 Å². The Hall–Kier alpha value is -3.38. The van der Waals surface area contributed by atoms with E-state index in [-0.39, 0.29) is 31.2 Å². The van der Waals surface area contributed by atoms with E-state index in [1.54, 1.807) is 0 Å². The number of unbranched alkanes of at least 4 members (excludes halogenated alkanes) is 9. The number of carbonyl (C=O) groups excluding carboxylic acids is 5. The summed E-state index contributed by atoms with van der Waals surface area (Å²) in [5.74, 6) is -3.75. The fraction of sp³-hybridized carbons (Fsp3) is 0.786. The molecule has 0 bridgehead atoms. The third-order valence-electron chi connectivity index (χ3n) is 7.06. The minimum absolute atomic E-state index is 0.213. The third-order valence-corrected chi connectivity index (χ3v) is 7.06. The van der Waals surface area contributed by atoms with Gasteiger partial charge in [0, 0.05) is 12.8 Å². The first-order valence-electron chi connectivity index (χ1n) is 15.3. The maximum absolute atomic E-state index is 12.1. The van der Waals surface area contributed by atoms with Crippen LogP contribution < -0.4 is 26.6 Å². The summed E-state index contributed by atoms with van der Waals surface area (Å²) in [4.78, 5) is 69.1. The van der Waals surface area contributed by atoms with Crippen LogP contribution in [0.25, 0.3) is 0 Å². The molecule has 0 aromatic carbocycles. The maximum Gasteiger partial charge on any atom is 0.322 e. The summed E-state index contributed by atoms with van der Waals surface area (Å²) in [5, 5.41) is 59.0. The summed E-state index contributed by atoms with van der Waals surface area (Å²) in [6.45, 7) is -2.25. The summed E-state index contributed by atoms with van der Waals surface area (Å²) >= 11 is 0. The van der Waals surface area contributed by atoms with Crippen LogP contribution in [0.15, 0.2) is 0 Å². The van der Waals surface area contributed by atoms with E-state index < -0.39 is 80.6 Å². The summed E-state index contributed by atoms with van der Waals surface area (Å²) in [5.41, 5.74) is 0. The van der Waals surface area contributed by atoms with E-state index in [4.69, 9.17) is 14.9 Å². The molecule has 1 rings (SSSR count). The van der Waals surface area contributed by atoms with Gasteiger partial charge in [-0.3, -0.25) is 28.8 Å². The second-order valence-corrected chi connectivity index (χ2v) is 10.9. The SMILES string of the molecule is O=C(O)CNC(=O)CNC(=O)CNC(=O)CNC(=O)CCCCCCCCCCCCC(=O)N[C@@H]1[C@@H](O)[C@H](O)[C@@H](CO)O[C@@H]1O. The number of aliphatic hydroxyl groups is 4. The Morgan fingerprint density at radius 3 is 1.38 bits per heavy atom. The molecular weight excluding hydrogens is 598 g/mol. The lowest BCUT2D eigenvalue weighted by Crippen LogP contribution is -2.64. The number of nitrogens with one attached hydrogen (secondary N) is 5. The third kappa shape index (κ3) is 18.2. The molecule has 5 atom stereocenters. The first-order chi connectivity index (χ1) is 21.4. The Bertz CT molecular complexity index is 953. The summed E-state index contributed by atoms with van der Waals surface area (Å²) < 4.78 is 5.03. The minimum Gasteiger partial charge on any atom is -0.480 e. The van der Waals surface area contributed by atoms with Gasteiger partial charge in [-0.25, -0.2) is 0 Å². The molecule has 258 valence electrons. The second kappa shape index (κ2) is 23.0. The average molecular weight is 648 g/mol. The number of hydrogen-bond donors (Lipinski definition) is 10. The van der Waals surface area contributed by atoms with Gasteiger partial charge in [-0.05, 0) is 12.8 Å². The molecule has 5 amide bonds. The highest BCUT2D eigenvalue weighted by molar-refractivity contribution is 5.90. The van der Waals surface area contributed by atoms with Crippen LogP contribution >= 0.6 is 0 Å². The summed E-state index contributed by atoms with van der Waals surface area (Å²) in [6, 6.07) is -1.17. The van der Waals surface area contributed by atoms with Gasteiger partial charge in [-0.15, -0.1) is 0 Å². The summed E-state index contributed by atoms with van der Waals surface area (Å²) in [7, 11) is 0. The van der Waals surface area contributed by atoms with Crippen molar-refractivity contribution in [2.45, 2.75) is 108 Å². The standard InChI is InChI=1S/C28H49N5O12/c34-17-18-26(42)27(43)25(28(44)45-18)33-20(36)12-10-8-6-4-2-1-3-5-7-9-11-19(35)29-13-21(37)30-14-22(38)31-15-23(39)32-16-24(40)41/h18,25-28,34,42-44H,1-17H2,(H,29,35)(H,30,37)(H,31,38)(H,32,39)(H,33,36)(H,40,41)/t18-,25-,26-,27-,28+/m1/s1. The second-order valence-electron chi connectivity index (χ2n) is 10.9. The number of carbonyl (C=O) groups is 6. The number of ether oxygens (including phenoxy) is 1. The molecule has 45 heavy (non-hydrogen) atoms. The predicted octanol–water partition coefficient (Wildman–Crippen LogP) is -2.87. The zero-order valence-electron chi connectivity index (χ0n) is 25.5. The van der Waals surface area contributed by atoms with Crippen molar-refractivity contribution in [1.82, 2.24) is 26.6 Å². The molecule has 1 aliphatic heterocycles. The molecule has 0 aliphatic carbocycles. The number of carboxylic acid groups (broad SMARTS) is 1. The minimum atomic E-state index is -1.53. The number of aliphatic carboxylic acids is 1. The number of hydrogen-bond acceptors (Lipinski definition) is 11. The van der Waals surface area contributed by atoms with E-state index in [9.17, 15) is 44.1 Å². The van der Waals surface area contributed by atoms with E-state index in [2.05, 4.69) is 26.6 Å². The Morgan fingerprint density at radius 2 is 0.933 bits per heavy atom. The predicted molar refractivity (Wildman–Crippen MR) is 157 cm³/mol. The molecule has 17 nitrogen and oxygen atoms in total. The molecule has 0 spiro atoms. The average Bonchev–Trinajstić information content (AvgIpc) is 3.01. The fourth-order valence-electron chi connectivity index (χ4n) is 4.48. The fourth-order valence-corrected chi connectivity index (χ4v) is 4.48. The highest BCUT2D eigenvalue weighted by Gasteiger charge is 2.44. The van der Waals surface area contributed by atoms with Crippen molar-refractivity contribution in [1.29, 1.82) is 0 Å². The van der Waals surface area contributed by atoms with Gasteiger partial charge in [0.2, 0.25) is 29.5 Å². The van der Waals surface area contributed by atoms with Gasteiger partial charge in [-0.2, -0.15) is 0 Å². The lowest BCUT2D eigenvalue weighted by atomic mass is 9.97. The van der Waals surface area contributed by atoms with E-state index >= 15 is 0 Å².